The molecular formula is C20H25N3O3S. The highest BCUT2D eigenvalue weighted by Gasteiger charge is 2.28. The molecule has 4 rings (SSSR count). The number of nitrogens with one attached hydrogen (secondary N) is 1. The maximum absolute atomic E-state index is 12.6. The van der Waals surface area contributed by atoms with E-state index in [1.54, 1.807) is 11.8 Å². The molecule has 0 saturated heterocycles. The van der Waals surface area contributed by atoms with Gasteiger partial charge >= 0.3 is 0 Å². The zero-order valence-corrected chi connectivity index (χ0v) is 16.4. The van der Waals surface area contributed by atoms with Gasteiger partial charge in [-0.2, -0.15) is 5.10 Å². The fourth-order valence-electron chi connectivity index (χ4n) is 4.00. The molecule has 1 saturated carbocycles. The monoisotopic (exact) mass is 387 g/mol. The molecule has 1 aliphatic heterocycles. The number of hydrogen-bond acceptors (Lipinski definition) is 4. The van der Waals surface area contributed by atoms with Gasteiger partial charge in [0.1, 0.15) is 11.6 Å². The number of aromatic nitrogens is 2. The SMILES string of the molecule is COc1ccc(-n2nc3c(c2NC(=O)CCC2CCCC2)C[S@](=O)C3)cc1. The van der Waals surface area contributed by atoms with Gasteiger partial charge in [0.15, 0.2) is 0 Å². The molecule has 1 fully saturated rings. The Balaban J connectivity index is 1.55. The summed E-state index contributed by atoms with van der Waals surface area (Å²) in [5, 5.41) is 7.68. The summed E-state index contributed by atoms with van der Waals surface area (Å²) in [7, 11) is 0.692. The van der Waals surface area contributed by atoms with Crippen LogP contribution in [0.4, 0.5) is 5.82 Å². The van der Waals surface area contributed by atoms with Crippen LogP contribution in [-0.4, -0.2) is 27.0 Å². The minimum atomic E-state index is -0.936. The Labute approximate surface area is 161 Å². The molecule has 2 aromatic rings. The first-order valence-corrected chi connectivity index (χ1v) is 11.0. The fraction of sp³-hybridized carbons (Fsp3) is 0.500. The molecule has 1 aliphatic carbocycles. The first-order valence-electron chi connectivity index (χ1n) is 9.54. The minimum absolute atomic E-state index is 0.0112. The van der Waals surface area contributed by atoms with Crippen LogP contribution in [0, 0.1) is 5.92 Å². The normalized spacial score (nSPS) is 19.2. The smallest absolute Gasteiger partial charge is 0.225 e. The highest BCUT2D eigenvalue weighted by atomic mass is 32.2. The van der Waals surface area contributed by atoms with Crippen LogP contribution >= 0.6 is 0 Å². The summed E-state index contributed by atoms with van der Waals surface area (Å²) in [6, 6.07) is 7.55. The zero-order valence-electron chi connectivity index (χ0n) is 15.6. The van der Waals surface area contributed by atoms with Crippen molar-refractivity contribution >= 4 is 22.5 Å². The van der Waals surface area contributed by atoms with E-state index in [2.05, 4.69) is 10.4 Å². The largest absolute Gasteiger partial charge is 0.497 e. The van der Waals surface area contributed by atoms with Gasteiger partial charge in [-0.1, -0.05) is 25.7 Å². The predicted octanol–water partition coefficient (Wildman–Crippen LogP) is 3.55. The van der Waals surface area contributed by atoms with E-state index < -0.39 is 10.8 Å². The first-order chi connectivity index (χ1) is 13.1. The molecule has 6 nitrogen and oxygen atoms in total. The first kappa shape index (κ1) is 18.2. The lowest BCUT2D eigenvalue weighted by atomic mass is 10.0. The van der Waals surface area contributed by atoms with Gasteiger partial charge in [0.2, 0.25) is 5.91 Å². The van der Waals surface area contributed by atoms with Crippen LogP contribution in [0.1, 0.15) is 49.8 Å². The summed E-state index contributed by atoms with van der Waals surface area (Å²) in [6.45, 7) is 0. The van der Waals surface area contributed by atoms with Crippen molar-refractivity contribution in [2.45, 2.75) is 50.0 Å². The van der Waals surface area contributed by atoms with Gasteiger partial charge in [-0.25, -0.2) is 4.68 Å². The van der Waals surface area contributed by atoms with Crippen LogP contribution in [0.25, 0.3) is 5.69 Å². The summed E-state index contributed by atoms with van der Waals surface area (Å²) < 4.78 is 18.9. The topological polar surface area (TPSA) is 73.2 Å². The standard InChI is InChI=1S/C20H25N3O3S/c1-26-16-9-7-15(8-10-16)23-20(17-12-27(25)13-18(17)22-23)21-19(24)11-6-14-4-2-3-5-14/h7-10,14H,2-6,11-13H2,1H3,(H,21,24)/t27-/m0/s1. The van der Waals surface area contributed by atoms with Crippen LogP contribution < -0.4 is 10.1 Å². The average Bonchev–Trinajstić information content (AvgIpc) is 3.38. The van der Waals surface area contributed by atoms with E-state index in [0.29, 0.717) is 29.7 Å². The molecule has 144 valence electrons. The Kier molecular flexibility index (Phi) is 5.29. The number of nitrogens with zero attached hydrogens (tertiary/aromatic N) is 2. The van der Waals surface area contributed by atoms with E-state index in [1.807, 2.05) is 24.3 Å². The molecule has 2 heterocycles. The van der Waals surface area contributed by atoms with Gasteiger partial charge in [-0.05, 0) is 36.6 Å². The maximum Gasteiger partial charge on any atom is 0.225 e. The Hall–Kier alpha value is -2.15. The third kappa shape index (κ3) is 3.93. The average molecular weight is 388 g/mol. The van der Waals surface area contributed by atoms with Crippen LogP contribution in [0.5, 0.6) is 5.75 Å². The molecule has 0 unspecified atom stereocenters. The van der Waals surface area contributed by atoms with Crippen molar-refractivity contribution in [3.63, 3.8) is 0 Å². The molecule has 1 aromatic carbocycles. The Morgan fingerprint density at radius 2 is 2.00 bits per heavy atom. The number of hydrogen-bond donors (Lipinski definition) is 1. The summed E-state index contributed by atoms with van der Waals surface area (Å²) in [4.78, 5) is 12.6. The van der Waals surface area contributed by atoms with E-state index in [1.165, 1.54) is 25.7 Å². The van der Waals surface area contributed by atoms with Gasteiger partial charge in [0, 0.05) is 22.8 Å². The van der Waals surface area contributed by atoms with E-state index in [0.717, 1.165) is 29.1 Å². The molecule has 0 bridgehead atoms. The number of ether oxygens (including phenoxy) is 1. The van der Waals surface area contributed by atoms with Crippen molar-refractivity contribution in [1.82, 2.24) is 9.78 Å². The van der Waals surface area contributed by atoms with Crippen LogP contribution in [0.2, 0.25) is 0 Å². The molecular weight excluding hydrogens is 362 g/mol. The Morgan fingerprint density at radius 1 is 1.26 bits per heavy atom. The van der Waals surface area contributed by atoms with Crippen molar-refractivity contribution in [3.05, 3.63) is 35.5 Å². The molecule has 2 aliphatic rings. The maximum atomic E-state index is 12.6. The van der Waals surface area contributed by atoms with E-state index >= 15 is 0 Å². The number of fused-ring (bicyclic) bond motifs is 1. The zero-order chi connectivity index (χ0) is 18.8. The summed E-state index contributed by atoms with van der Waals surface area (Å²) in [5.74, 6) is 3.02. The number of anilines is 1. The van der Waals surface area contributed by atoms with Gasteiger partial charge in [-0.3, -0.25) is 9.00 Å². The summed E-state index contributed by atoms with van der Waals surface area (Å²) >= 11 is 0. The second-order valence-electron chi connectivity index (χ2n) is 7.35. The van der Waals surface area contributed by atoms with Crippen LogP contribution in [-0.2, 0) is 27.1 Å². The molecule has 7 heteroatoms. The highest BCUT2D eigenvalue weighted by Crippen LogP contribution is 2.32. The van der Waals surface area contributed by atoms with Crippen LogP contribution in [0.15, 0.2) is 24.3 Å². The van der Waals surface area contributed by atoms with E-state index in [4.69, 9.17) is 4.74 Å². The molecule has 1 aromatic heterocycles. The number of rotatable bonds is 6. The number of amides is 1. The molecule has 0 radical (unpaired) electrons. The lowest BCUT2D eigenvalue weighted by Crippen LogP contribution is -2.17. The van der Waals surface area contributed by atoms with Gasteiger partial charge in [0.25, 0.3) is 0 Å². The van der Waals surface area contributed by atoms with E-state index in [-0.39, 0.29) is 5.91 Å². The van der Waals surface area contributed by atoms with Gasteiger partial charge in [0.05, 0.1) is 30.0 Å². The Morgan fingerprint density at radius 3 is 2.70 bits per heavy atom. The third-order valence-electron chi connectivity index (χ3n) is 5.50. The lowest BCUT2D eigenvalue weighted by molar-refractivity contribution is -0.116. The van der Waals surface area contributed by atoms with Crippen molar-refractivity contribution in [1.29, 1.82) is 0 Å². The second-order valence-corrected chi connectivity index (χ2v) is 8.81. The number of carbonyl (C=O) groups excluding carboxylic acids is 1. The highest BCUT2D eigenvalue weighted by molar-refractivity contribution is 7.83. The third-order valence-corrected chi connectivity index (χ3v) is 6.71. The predicted molar refractivity (Wildman–Crippen MR) is 105 cm³/mol. The summed E-state index contributed by atoms with van der Waals surface area (Å²) in [6.07, 6.45) is 6.52. The molecule has 0 spiro atoms. The molecule has 1 atom stereocenters. The number of benzene rings is 1. The van der Waals surface area contributed by atoms with Crippen molar-refractivity contribution in [2.24, 2.45) is 5.92 Å². The molecule has 27 heavy (non-hydrogen) atoms. The number of methoxy groups -OCH3 is 1. The fourth-order valence-corrected chi connectivity index (χ4v) is 5.26. The van der Waals surface area contributed by atoms with Crippen LogP contribution in [0.3, 0.4) is 0 Å². The minimum Gasteiger partial charge on any atom is -0.497 e. The van der Waals surface area contributed by atoms with Crippen molar-refractivity contribution in [2.75, 3.05) is 12.4 Å². The lowest BCUT2D eigenvalue weighted by Gasteiger charge is -2.13. The Bertz CT molecular complexity index is 854. The van der Waals surface area contributed by atoms with Crippen molar-refractivity contribution in [3.8, 4) is 11.4 Å². The summed E-state index contributed by atoms with van der Waals surface area (Å²) in [5.41, 5.74) is 2.57. The second kappa shape index (κ2) is 7.84. The number of carbonyl (C=O) groups is 1. The van der Waals surface area contributed by atoms with Crippen molar-refractivity contribution < 1.29 is 13.7 Å². The molecule has 1 N–H and O–H groups in total. The molecule has 1 amide bonds. The van der Waals surface area contributed by atoms with Gasteiger partial charge in [-0.15, -0.1) is 0 Å². The van der Waals surface area contributed by atoms with Gasteiger partial charge < -0.3 is 10.1 Å². The quantitative estimate of drug-likeness (QED) is 0.823. The van der Waals surface area contributed by atoms with E-state index in [9.17, 15) is 9.00 Å².